The van der Waals surface area contributed by atoms with E-state index < -0.39 is 0 Å². The molecule has 1 heterocycles. The van der Waals surface area contributed by atoms with Gasteiger partial charge in [-0.2, -0.15) is 0 Å². The highest BCUT2D eigenvalue weighted by Gasteiger charge is 2.05. The molecular weight excluding hydrogens is 282 g/mol. The van der Waals surface area contributed by atoms with Gasteiger partial charge in [0.15, 0.2) is 0 Å². The maximum atomic E-state index is 5.18. The number of nitrogens with zero attached hydrogens (tertiary/aromatic N) is 2. The fraction of sp³-hybridized carbons (Fsp3) is 0.250. The molecule has 0 saturated heterocycles. The second kappa shape index (κ2) is 4.79. The Hall–Kier alpha value is -1.49. The molecule has 1 aromatic carbocycles. The van der Waals surface area contributed by atoms with E-state index in [1.165, 1.54) is 0 Å². The van der Waals surface area contributed by atoms with Crippen molar-refractivity contribution in [3.8, 4) is 5.75 Å². The summed E-state index contributed by atoms with van der Waals surface area (Å²) in [5.41, 5.74) is 1.95. The van der Waals surface area contributed by atoms with Gasteiger partial charge in [-0.05, 0) is 41.1 Å². The molecule has 0 spiro atoms. The number of imidazole rings is 1. The van der Waals surface area contributed by atoms with E-state index >= 15 is 0 Å². The first kappa shape index (κ1) is 12.0. The summed E-state index contributed by atoms with van der Waals surface area (Å²) >= 11 is 3.45. The van der Waals surface area contributed by atoms with E-state index in [4.69, 9.17) is 4.74 Å². The average Bonchev–Trinajstić information content (AvgIpc) is 2.58. The monoisotopic (exact) mass is 295 g/mol. The number of rotatable bonds is 3. The van der Waals surface area contributed by atoms with Gasteiger partial charge in [0.25, 0.3) is 0 Å². The van der Waals surface area contributed by atoms with Crippen molar-refractivity contribution < 1.29 is 4.74 Å². The number of halogens is 1. The molecule has 5 heteroatoms. The van der Waals surface area contributed by atoms with Gasteiger partial charge in [-0.1, -0.05) is 0 Å². The van der Waals surface area contributed by atoms with E-state index in [2.05, 4.69) is 26.2 Å². The van der Waals surface area contributed by atoms with Crippen LogP contribution in [0.4, 0.5) is 11.6 Å². The molecule has 0 unspecified atom stereocenters. The van der Waals surface area contributed by atoms with Crippen LogP contribution >= 0.6 is 15.9 Å². The molecule has 2 aromatic rings. The van der Waals surface area contributed by atoms with E-state index in [0.29, 0.717) is 0 Å². The Labute approximate surface area is 109 Å². The highest BCUT2D eigenvalue weighted by Crippen LogP contribution is 2.28. The van der Waals surface area contributed by atoms with Crippen molar-refractivity contribution in [2.45, 2.75) is 6.92 Å². The lowest BCUT2D eigenvalue weighted by molar-refractivity contribution is 0.412. The predicted octanol–water partition coefficient (Wildman–Crippen LogP) is 3.24. The van der Waals surface area contributed by atoms with E-state index in [9.17, 15) is 0 Å². The third kappa shape index (κ3) is 2.61. The Morgan fingerprint density at radius 2 is 2.18 bits per heavy atom. The van der Waals surface area contributed by atoms with Gasteiger partial charge in [-0.25, -0.2) is 4.98 Å². The highest BCUT2D eigenvalue weighted by molar-refractivity contribution is 9.10. The number of benzene rings is 1. The zero-order valence-electron chi connectivity index (χ0n) is 9.99. The standard InChI is InChI=1S/C12H14BrN3O/c1-8-7-16(2)12(14-8)15-9-4-5-11(17-3)10(13)6-9/h4-7H,1-3H3,(H,14,15). The van der Waals surface area contributed by atoms with Crippen molar-refractivity contribution in [1.82, 2.24) is 9.55 Å². The van der Waals surface area contributed by atoms with Gasteiger partial charge in [0.05, 0.1) is 17.3 Å². The van der Waals surface area contributed by atoms with Crippen LogP contribution in [0.2, 0.25) is 0 Å². The molecule has 1 N–H and O–H groups in total. The van der Waals surface area contributed by atoms with Crippen LogP contribution in [0.25, 0.3) is 0 Å². The van der Waals surface area contributed by atoms with Gasteiger partial charge in [-0.15, -0.1) is 0 Å². The summed E-state index contributed by atoms with van der Waals surface area (Å²) in [6.07, 6.45) is 1.97. The lowest BCUT2D eigenvalue weighted by atomic mass is 10.3. The molecule has 0 amide bonds. The molecule has 0 radical (unpaired) electrons. The fourth-order valence-corrected chi connectivity index (χ4v) is 2.15. The van der Waals surface area contributed by atoms with Crippen LogP contribution in [-0.2, 0) is 7.05 Å². The molecule has 17 heavy (non-hydrogen) atoms. The minimum atomic E-state index is 0.812. The topological polar surface area (TPSA) is 39.1 Å². The largest absolute Gasteiger partial charge is 0.496 e. The summed E-state index contributed by atoms with van der Waals surface area (Å²) in [6, 6.07) is 5.82. The van der Waals surface area contributed by atoms with E-state index in [0.717, 1.165) is 27.6 Å². The Kier molecular flexibility index (Phi) is 3.38. The lowest BCUT2D eigenvalue weighted by Crippen LogP contribution is -1.98. The number of ether oxygens (including phenoxy) is 1. The zero-order chi connectivity index (χ0) is 12.4. The molecule has 90 valence electrons. The van der Waals surface area contributed by atoms with Crippen LogP contribution in [0.5, 0.6) is 5.75 Å². The maximum Gasteiger partial charge on any atom is 0.207 e. The summed E-state index contributed by atoms with van der Waals surface area (Å²) < 4.78 is 8.05. The summed E-state index contributed by atoms with van der Waals surface area (Å²) in [4.78, 5) is 4.38. The molecule has 0 saturated carbocycles. The first-order valence-electron chi connectivity index (χ1n) is 5.20. The summed E-state index contributed by atoms with van der Waals surface area (Å²) in [6.45, 7) is 1.97. The van der Waals surface area contributed by atoms with Crippen molar-refractivity contribution >= 4 is 27.6 Å². The third-order valence-electron chi connectivity index (χ3n) is 2.40. The molecular formula is C12H14BrN3O. The second-order valence-corrected chi connectivity index (χ2v) is 4.65. The SMILES string of the molecule is COc1ccc(Nc2nc(C)cn2C)cc1Br. The van der Waals surface area contributed by atoms with Gasteiger partial charge < -0.3 is 14.6 Å². The number of nitrogens with one attached hydrogen (secondary N) is 1. The lowest BCUT2D eigenvalue weighted by Gasteiger charge is -2.08. The number of aryl methyl sites for hydroxylation is 2. The fourth-order valence-electron chi connectivity index (χ4n) is 1.61. The molecule has 0 aliphatic rings. The summed E-state index contributed by atoms with van der Waals surface area (Å²) in [5.74, 6) is 1.63. The molecule has 0 fully saturated rings. The summed E-state index contributed by atoms with van der Waals surface area (Å²) in [5, 5.41) is 3.25. The predicted molar refractivity (Wildman–Crippen MR) is 71.9 cm³/mol. The maximum absolute atomic E-state index is 5.18. The number of methoxy groups -OCH3 is 1. The first-order chi connectivity index (χ1) is 8.10. The minimum Gasteiger partial charge on any atom is -0.496 e. The van der Waals surface area contributed by atoms with E-state index in [1.54, 1.807) is 7.11 Å². The van der Waals surface area contributed by atoms with Gasteiger partial charge in [0.1, 0.15) is 5.75 Å². The van der Waals surface area contributed by atoms with Crippen molar-refractivity contribution in [3.05, 3.63) is 34.6 Å². The van der Waals surface area contributed by atoms with Crippen molar-refractivity contribution in [1.29, 1.82) is 0 Å². The van der Waals surface area contributed by atoms with Crippen LogP contribution < -0.4 is 10.1 Å². The Morgan fingerprint density at radius 3 is 2.71 bits per heavy atom. The summed E-state index contributed by atoms with van der Waals surface area (Å²) in [7, 11) is 3.61. The molecule has 2 rings (SSSR count). The first-order valence-corrected chi connectivity index (χ1v) is 6.00. The third-order valence-corrected chi connectivity index (χ3v) is 3.02. The van der Waals surface area contributed by atoms with Gasteiger partial charge in [0, 0.05) is 18.9 Å². The Balaban J connectivity index is 2.24. The second-order valence-electron chi connectivity index (χ2n) is 3.79. The smallest absolute Gasteiger partial charge is 0.207 e. The number of aromatic nitrogens is 2. The number of hydrogen-bond acceptors (Lipinski definition) is 3. The van der Waals surface area contributed by atoms with Gasteiger partial charge >= 0.3 is 0 Å². The quantitative estimate of drug-likeness (QED) is 0.945. The van der Waals surface area contributed by atoms with Crippen LogP contribution in [0, 0.1) is 6.92 Å². The van der Waals surface area contributed by atoms with Crippen LogP contribution in [0.3, 0.4) is 0 Å². The van der Waals surface area contributed by atoms with Crippen molar-refractivity contribution in [3.63, 3.8) is 0 Å². The normalized spacial score (nSPS) is 10.4. The van der Waals surface area contributed by atoms with Crippen LogP contribution in [0.15, 0.2) is 28.9 Å². The van der Waals surface area contributed by atoms with Crippen molar-refractivity contribution in [2.75, 3.05) is 12.4 Å². The van der Waals surface area contributed by atoms with Crippen LogP contribution in [-0.4, -0.2) is 16.7 Å². The minimum absolute atomic E-state index is 0.812. The molecule has 0 aliphatic heterocycles. The van der Waals surface area contributed by atoms with E-state index in [-0.39, 0.29) is 0 Å². The molecule has 4 nitrogen and oxygen atoms in total. The zero-order valence-corrected chi connectivity index (χ0v) is 11.6. The number of hydrogen-bond donors (Lipinski definition) is 1. The molecule has 0 atom stereocenters. The van der Waals surface area contributed by atoms with Crippen LogP contribution in [0.1, 0.15) is 5.69 Å². The highest BCUT2D eigenvalue weighted by atomic mass is 79.9. The van der Waals surface area contributed by atoms with Gasteiger partial charge in [0.2, 0.25) is 5.95 Å². The molecule has 0 aliphatic carbocycles. The van der Waals surface area contributed by atoms with E-state index in [1.807, 2.05) is 42.9 Å². The molecule has 1 aromatic heterocycles. The van der Waals surface area contributed by atoms with Gasteiger partial charge in [-0.3, -0.25) is 0 Å². The molecule has 0 bridgehead atoms. The number of anilines is 2. The average molecular weight is 296 g/mol. The van der Waals surface area contributed by atoms with Crippen molar-refractivity contribution in [2.24, 2.45) is 7.05 Å². The Bertz CT molecular complexity index is 537. The Morgan fingerprint density at radius 1 is 1.41 bits per heavy atom.